The lowest BCUT2D eigenvalue weighted by atomic mass is 9.98. The van der Waals surface area contributed by atoms with Gasteiger partial charge in [0.1, 0.15) is 12.6 Å². The normalized spacial score (nSPS) is 13.9. The molecule has 0 aromatic heterocycles. The summed E-state index contributed by atoms with van der Waals surface area (Å²) < 4.78 is 38.6. The summed E-state index contributed by atoms with van der Waals surface area (Å²) in [5.41, 5.74) is 1.88. The summed E-state index contributed by atoms with van der Waals surface area (Å²) in [5, 5.41) is 22.9. The van der Waals surface area contributed by atoms with E-state index in [-0.39, 0.29) is 5.75 Å². The van der Waals surface area contributed by atoms with Crippen LogP contribution >= 0.6 is 11.8 Å². The molecular weight excluding hydrogens is 533 g/mol. The molecule has 2 unspecified atom stereocenters. The van der Waals surface area contributed by atoms with E-state index in [4.69, 9.17) is 5.11 Å². The van der Waals surface area contributed by atoms with Gasteiger partial charge in [-0.15, -0.1) is 11.8 Å². The van der Waals surface area contributed by atoms with E-state index in [2.05, 4.69) is 6.92 Å². The number of unbranched alkanes of at least 4 members (excludes halogenated alkanes) is 7. The molecule has 1 rings (SSSR count). The van der Waals surface area contributed by atoms with Crippen molar-refractivity contribution in [1.82, 2.24) is 10.6 Å². The zero-order valence-corrected chi connectivity index (χ0v) is 23.7. The maximum absolute atomic E-state index is 12.9. The predicted molar refractivity (Wildman–Crippen MR) is 148 cm³/mol. The van der Waals surface area contributed by atoms with Gasteiger partial charge in [0.05, 0.1) is 11.4 Å². The Kier molecular flexibility index (Phi) is 16.9. The summed E-state index contributed by atoms with van der Waals surface area (Å²) in [6.45, 7) is 3.36. The number of carbonyl (C=O) groups is 3. The highest BCUT2D eigenvalue weighted by Crippen LogP contribution is 2.35. The lowest BCUT2D eigenvalue weighted by Gasteiger charge is -2.26. The lowest BCUT2D eigenvalue weighted by Crippen LogP contribution is -2.52. The fraction of sp³-hybridized carbons (Fsp3) is 0.679. The molecule has 0 saturated carbocycles. The first-order valence-corrected chi connectivity index (χ1v) is 14.8. The number of alkyl halides is 3. The summed E-state index contributed by atoms with van der Waals surface area (Å²) in [7, 11) is 0. The van der Waals surface area contributed by atoms with Crippen LogP contribution in [-0.2, 0) is 20.8 Å². The van der Waals surface area contributed by atoms with Gasteiger partial charge < -0.3 is 20.8 Å². The van der Waals surface area contributed by atoms with Crippen molar-refractivity contribution >= 4 is 29.5 Å². The number of aliphatic hydroxyl groups is 1. The number of benzene rings is 1. The van der Waals surface area contributed by atoms with Gasteiger partial charge in [0.25, 0.3) is 0 Å². The zero-order chi connectivity index (χ0) is 29.3. The highest BCUT2D eigenvalue weighted by atomic mass is 32.2. The van der Waals surface area contributed by atoms with Crippen LogP contribution in [0.25, 0.3) is 0 Å². The summed E-state index contributed by atoms with van der Waals surface area (Å²) in [6, 6.07) is 6.08. The molecule has 0 spiro atoms. The molecule has 4 N–H and O–H groups in total. The Bertz CT molecular complexity index is 885. The van der Waals surface area contributed by atoms with Crippen LogP contribution in [0.5, 0.6) is 0 Å². The fourth-order valence-electron chi connectivity index (χ4n) is 4.11. The number of halogens is 3. The van der Waals surface area contributed by atoms with Crippen molar-refractivity contribution in [3.8, 4) is 0 Å². The quantitative estimate of drug-likeness (QED) is 0.151. The maximum Gasteiger partial charge on any atom is 0.471 e. The Morgan fingerprint density at radius 3 is 2.23 bits per heavy atom. The first-order valence-electron chi connectivity index (χ1n) is 13.7. The molecule has 7 nitrogen and oxygen atoms in total. The number of aryl methyl sites for hydroxylation is 1. The van der Waals surface area contributed by atoms with Crippen molar-refractivity contribution < 1.29 is 37.8 Å². The second-order valence-corrected chi connectivity index (χ2v) is 10.9. The van der Waals surface area contributed by atoms with Crippen LogP contribution in [0.3, 0.4) is 0 Å². The Hall–Kier alpha value is -2.27. The largest absolute Gasteiger partial charge is 0.480 e. The van der Waals surface area contributed by atoms with E-state index in [0.717, 1.165) is 55.0 Å². The molecule has 39 heavy (non-hydrogen) atoms. The number of amides is 2. The second-order valence-electron chi connectivity index (χ2n) is 9.72. The van der Waals surface area contributed by atoms with Crippen LogP contribution in [0, 0.1) is 0 Å². The molecule has 11 heteroatoms. The number of nitrogens with one attached hydrogen (secondary N) is 2. The van der Waals surface area contributed by atoms with Gasteiger partial charge >= 0.3 is 18.1 Å². The van der Waals surface area contributed by atoms with Gasteiger partial charge in [-0.2, -0.15) is 13.2 Å². The van der Waals surface area contributed by atoms with E-state index >= 15 is 0 Å². The van der Waals surface area contributed by atoms with Gasteiger partial charge in [0.15, 0.2) is 0 Å². The Labute approximate surface area is 233 Å². The van der Waals surface area contributed by atoms with Crippen molar-refractivity contribution in [3.05, 3.63) is 35.4 Å². The topological polar surface area (TPSA) is 116 Å². The van der Waals surface area contributed by atoms with Crippen LogP contribution in [-0.4, -0.2) is 58.6 Å². The van der Waals surface area contributed by atoms with Crippen LogP contribution < -0.4 is 10.6 Å². The molecule has 0 fully saturated rings. The van der Waals surface area contributed by atoms with Crippen molar-refractivity contribution in [2.75, 3.05) is 12.3 Å². The molecule has 3 atom stereocenters. The summed E-state index contributed by atoms with van der Waals surface area (Å²) in [4.78, 5) is 34.8. The number of carboxylic acids is 1. The predicted octanol–water partition coefficient (Wildman–Crippen LogP) is 5.55. The third-order valence-corrected chi connectivity index (χ3v) is 7.76. The Balaban J connectivity index is 2.99. The van der Waals surface area contributed by atoms with Crippen molar-refractivity contribution in [2.24, 2.45) is 0 Å². The second kappa shape index (κ2) is 18.9. The van der Waals surface area contributed by atoms with Gasteiger partial charge in [-0.1, -0.05) is 89.5 Å². The number of carboxylic acid groups (broad SMARTS) is 1. The molecule has 0 aliphatic heterocycles. The molecule has 0 saturated heterocycles. The smallest absolute Gasteiger partial charge is 0.471 e. The molecule has 1 aromatic rings. The average Bonchev–Trinajstić information content (AvgIpc) is 2.89. The van der Waals surface area contributed by atoms with Crippen LogP contribution in [0.15, 0.2) is 24.3 Å². The number of carbonyl (C=O) groups excluding carboxylic acids is 2. The molecule has 0 aliphatic carbocycles. The first-order chi connectivity index (χ1) is 18.5. The minimum Gasteiger partial charge on any atom is -0.480 e. The number of hydrogen-bond donors (Lipinski definition) is 4. The van der Waals surface area contributed by atoms with E-state index in [1.807, 2.05) is 36.5 Å². The first kappa shape index (κ1) is 34.8. The minimum absolute atomic E-state index is 0.289. The maximum atomic E-state index is 12.9. The Morgan fingerprint density at radius 2 is 1.62 bits per heavy atom. The van der Waals surface area contributed by atoms with Gasteiger partial charge in [0.2, 0.25) is 5.91 Å². The third-order valence-electron chi connectivity index (χ3n) is 6.29. The molecule has 2 amide bonds. The minimum atomic E-state index is -5.21. The molecule has 0 aliphatic rings. The van der Waals surface area contributed by atoms with E-state index in [1.165, 1.54) is 32.1 Å². The fourth-order valence-corrected chi connectivity index (χ4v) is 5.45. The highest BCUT2D eigenvalue weighted by molar-refractivity contribution is 7.99. The number of hydrogen-bond acceptors (Lipinski definition) is 5. The molecule has 222 valence electrons. The number of aliphatic hydroxyl groups excluding tert-OH is 1. The SMILES string of the molecule is CCCCCCCCCc1cccc(C(SC[C@@H](NC(=O)C(F)(F)F)C(=O)NCC(=O)O)C(O)CCCC)c1. The van der Waals surface area contributed by atoms with Gasteiger partial charge in [-0.05, 0) is 30.4 Å². The van der Waals surface area contributed by atoms with Gasteiger partial charge in [-0.25, -0.2) is 0 Å². The number of aliphatic carboxylic acids is 1. The van der Waals surface area contributed by atoms with E-state index in [0.29, 0.717) is 6.42 Å². The van der Waals surface area contributed by atoms with Crippen molar-refractivity contribution in [1.29, 1.82) is 0 Å². The molecule has 0 heterocycles. The average molecular weight is 577 g/mol. The number of thioether (sulfide) groups is 1. The van der Waals surface area contributed by atoms with Crippen LogP contribution in [0.4, 0.5) is 13.2 Å². The molecule has 1 aromatic carbocycles. The third kappa shape index (κ3) is 14.6. The zero-order valence-electron chi connectivity index (χ0n) is 22.9. The van der Waals surface area contributed by atoms with E-state index < -0.39 is 47.9 Å². The van der Waals surface area contributed by atoms with Crippen LogP contribution in [0.2, 0.25) is 0 Å². The molecule has 0 radical (unpaired) electrons. The van der Waals surface area contributed by atoms with Gasteiger partial charge in [-0.3, -0.25) is 14.4 Å². The summed E-state index contributed by atoms with van der Waals surface area (Å²) >= 11 is 1.06. The van der Waals surface area contributed by atoms with Crippen molar-refractivity contribution in [2.45, 2.75) is 108 Å². The highest BCUT2D eigenvalue weighted by Gasteiger charge is 2.41. The standard InChI is InChI=1S/C28H43F3N2O5S/c1-3-5-7-8-9-10-11-13-20-14-12-15-21(17-20)25(23(34)16-6-4-2)39-19-22(26(37)32-18-24(35)36)33-27(38)28(29,30)31/h12,14-15,17,22-23,25,34H,3-11,13,16,18-19H2,1-2H3,(H,32,37)(H,33,38)(H,35,36)/t22-,23?,25?/m1/s1. The van der Waals surface area contributed by atoms with Crippen molar-refractivity contribution in [3.63, 3.8) is 0 Å². The Morgan fingerprint density at radius 1 is 0.974 bits per heavy atom. The van der Waals surface area contributed by atoms with E-state index in [9.17, 15) is 32.7 Å². The number of rotatable bonds is 20. The van der Waals surface area contributed by atoms with Gasteiger partial charge in [0, 0.05) is 5.75 Å². The monoisotopic (exact) mass is 576 g/mol. The van der Waals surface area contributed by atoms with Crippen LogP contribution in [0.1, 0.15) is 94.4 Å². The summed E-state index contributed by atoms with van der Waals surface area (Å²) in [5.74, 6) is -5.00. The molecular formula is C28H43F3N2O5S. The lowest BCUT2D eigenvalue weighted by molar-refractivity contribution is -0.174. The van der Waals surface area contributed by atoms with E-state index in [1.54, 1.807) is 5.32 Å². The summed E-state index contributed by atoms with van der Waals surface area (Å²) in [6.07, 6.45) is 5.14. The molecule has 0 bridgehead atoms.